The average molecular weight is 417 g/mol. The van der Waals surface area contributed by atoms with Crippen LogP contribution in [0, 0.1) is 6.92 Å². The van der Waals surface area contributed by atoms with Crippen molar-refractivity contribution in [3.63, 3.8) is 0 Å². The lowest BCUT2D eigenvalue weighted by molar-refractivity contribution is -0.660. The third-order valence-corrected chi connectivity index (χ3v) is 8.01. The van der Waals surface area contributed by atoms with Crippen molar-refractivity contribution in [1.29, 1.82) is 0 Å². The van der Waals surface area contributed by atoms with Crippen LogP contribution in [-0.4, -0.2) is 0 Å². The van der Waals surface area contributed by atoms with E-state index < -0.39 is 0 Å². The molecule has 0 N–H and O–H groups in total. The average Bonchev–Trinajstić information content (AvgIpc) is 3.51. The summed E-state index contributed by atoms with van der Waals surface area (Å²) in [5, 5.41) is 2.43. The molecular formula is C30H26NO+. The normalized spacial score (nSPS) is 16.2. The van der Waals surface area contributed by atoms with Crippen molar-refractivity contribution in [2.75, 3.05) is 0 Å². The molecule has 1 saturated carbocycles. The molecule has 2 heterocycles. The molecule has 2 nitrogen and oxygen atoms in total. The summed E-state index contributed by atoms with van der Waals surface area (Å²) in [6.45, 7) is 2.18. The molecule has 0 atom stereocenters. The highest BCUT2D eigenvalue weighted by Crippen LogP contribution is 2.59. The van der Waals surface area contributed by atoms with Crippen LogP contribution in [0.1, 0.15) is 42.4 Å². The molecule has 7 rings (SSSR count). The zero-order valence-corrected chi connectivity index (χ0v) is 18.6. The largest absolute Gasteiger partial charge is 0.454 e. The summed E-state index contributed by atoms with van der Waals surface area (Å²) in [4.78, 5) is 0. The van der Waals surface area contributed by atoms with Crippen LogP contribution in [0.25, 0.3) is 44.3 Å². The maximum absolute atomic E-state index is 6.86. The first-order valence-electron chi connectivity index (χ1n) is 11.7. The summed E-state index contributed by atoms with van der Waals surface area (Å²) in [6.07, 6.45) is 7.20. The van der Waals surface area contributed by atoms with Crippen molar-refractivity contribution in [3.8, 4) is 22.4 Å². The molecule has 0 unspecified atom stereocenters. The highest BCUT2D eigenvalue weighted by molar-refractivity contribution is 6.14. The number of pyridine rings is 1. The molecule has 2 heteroatoms. The summed E-state index contributed by atoms with van der Waals surface area (Å²) in [5.74, 6) is 0. The summed E-state index contributed by atoms with van der Waals surface area (Å²) in [7, 11) is 2.11. The van der Waals surface area contributed by atoms with Crippen LogP contribution in [0.15, 0.2) is 77.3 Å². The Morgan fingerprint density at radius 1 is 0.750 bits per heavy atom. The Bertz CT molecular complexity index is 1550. The highest BCUT2D eigenvalue weighted by atomic mass is 16.3. The van der Waals surface area contributed by atoms with E-state index in [4.69, 9.17) is 4.42 Å². The molecule has 5 aromatic rings. The maximum Gasteiger partial charge on any atom is 0.216 e. The van der Waals surface area contributed by atoms with E-state index in [2.05, 4.69) is 91.5 Å². The van der Waals surface area contributed by atoms with E-state index in [1.165, 1.54) is 75.5 Å². The first-order valence-corrected chi connectivity index (χ1v) is 11.7. The number of aromatic nitrogens is 1. The zero-order valence-electron chi connectivity index (χ0n) is 18.6. The molecule has 3 aromatic carbocycles. The minimum absolute atomic E-state index is 0.170. The Labute approximate surface area is 188 Å². The SMILES string of the molecule is Cc1ccc2c(oc3c4c(ccc32)C2(CCCC2)c2ccccc2-4)c1-c1cccc[n+]1C. The summed E-state index contributed by atoms with van der Waals surface area (Å²) in [6, 6.07) is 24.6. The fourth-order valence-corrected chi connectivity index (χ4v) is 6.55. The van der Waals surface area contributed by atoms with Gasteiger partial charge in [0, 0.05) is 33.9 Å². The van der Waals surface area contributed by atoms with Gasteiger partial charge >= 0.3 is 0 Å². The van der Waals surface area contributed by atoms with Gasteiger partial charge < -0.3 is 4.42 Å². The second kappa shape index (κ2) is 6.32. The minimum Gasteiger partial charge on any atom is -0.454 e. The van der Waals surface area contributed by atoms with Crippen LogP contribution in [0.2, 0.25) is 0 Å². The Kier molecular flexibility index (Phi) is 3.60. The monoisotopic (exact) mass is 416 g/mol. The van der Waals surface area contributed by atoms with E-state index in [0.29, 0.717) is 0 Å². The van der Waals surface area contributed by atoms with Gasteiger partial charge in [0.1, 0.15) is 18.2 Å². The van der Waals surface area contributed by atoms with Gasteiger partial charge in [-0.05, 0) is 48.1 Å². The molecule has 0 bridgehead atoms. The first-order chi connectivity index (χ1) is 15.7. The smallest absolute Gasteiger partial charge is 0.216 e. The first kappa shape index (κ1) is 18.2. The maximum atomic E-state index is 6.86. The van der Waals surface area contributed by atoms with Gasteiger partial charge in [-0.15, -0.1) is 0 Å². The van der Waals surface area contributed by atoms with Crippen molar-refractivity contribution < 1.29 is 8.98 Å². The fraction of sp³-hybridized carbons (Fsp3) is 0.233. The second-order valence-electron chi connectivity index (χ2n) is 9.63. The van der Waals surface area contributed by atoms with Crippen molar-refractivity contribution in [1.82, 2.24) is 0 Å². The predicted molar refractivity (Wildman–Crippen MR) is 130 cm³/mol. The molecular weight excluding hydrogens is 390 g/mol. The van der Waals surface area contributed by atoms with Crippen LogP contribution >= 0.6 is 0 Å². The Morgan fingerprint density at radius 2 is 1.47 bits per heavy atom. The van der Waals surface area contributed by atoms with Gasteiger partial charge in [-0.1, -0.05) is 61.4 Å². The minimum atomic E-state index is 0.170. The standard InChI is InChI=1S/C30H26NO/c1-19-12-13-20-21-14-15-24-27(22-9-3-4-10-23(22)30(24)16-6-7-17-30)29(21)32-28(20)26(19)25-11-5-8-18-31(25)2/h3-5,8-15,18H,6-7,16-17H2,1-2H3/q+1. The number of benzene rings is 3. The molecule has 2 aromatic heterocycles. The highest BCUT2D eigenvalue weighted by Gasteiger charge is 2.46. The molecule has 156 valence electrons. The van der Waals surface area contributed by atoms with Gasteiger partial charge in [-0.25, -0.2) is 4.57 Å². The lowest BCUT2D eigenvalue weighted by Gasteiger charge is -2.26. The number of furan rings is 1. The van der Waals surface area contributed by atoms with Crippen molar-refractivity contribution in [3.05, 3.63) is 89.6 Å². The fourth-order valence-electron chi connectivity index (χ4n) is 6.55. The van der Waals surface area contributed by atoms with Gasteiger partial charge in [0.25, 0.3) is 0 Å². The van der Waals surface area contributed by atoms with E-state index in [1.807, 2.05) is 0 Å². The van der Waals surface area contributed by atoms with E-state index in [1.54, 1.807) is 0 Å². The van der Waals surface area contributed by atoms with E-state index in [9.17, 15) is 0 Å². The molecule has 1 fully saturated rings. The summed E-state index contributed by atoms with van der Waals surface area (Å²) in [5.41, 5.74) is 11.5. The van der Waals surface area contributed by atoms with Gasteiger partial charge in [-0.3, -0.25) is 0 Å². The van der Waals surface area contributed by atoms with Crippen molar-refractivity contribution in [2.45, 2.75) is 38.0 Å². The number of nitrogens with zero attached hydrogens (tertiary/aromatic N) is 1. The Morgan fingerprint density at radius 3 is 2.28 bits per heavy atom. The van der Waals surface area contributed by atoms with Crippen molar-refractivity contribution in [2.24, 2.45) is 7.05 Å². The lowest BCUT2D eigenvalue weighted by atomic mass is 9.77. The zero-order chi connectivity index (χ0) is 21.4. The number of hydrogen-bond donors (Lipinski definition) is 0. The number of hydrogen-bond acceptors (Lipinski definition) is 1. The van der Waals surface area contributed by atoms with Crippen LogP contribution < -0.4 is 4.57 Å². The second-order valence-corrected chi connectivity index (χ2v) is 9.63. The molecule has 0 aliphatic heterocycles. The molecule has 0 saturated heterocycles. The number of rotatable bonds is 1. The Hall–Kier alpha value is -3.39. The Balaban J connectivity index is 1.61. The molecule has 0 amide bonds. The summed E-state index contributed by atoms with van der Waals surface area (Å²) < 4.78 is 9.05. The van der Waals surface area contributed by atoms with Gasteiger partial charge in [0.15, 0.2) is 6.20 Å². The van der Waals surface area contributed by atoms with E-state index in [-0.39, 0.29) is 5.41 Å². The third kappa shape index (κ3) is 2.17. The van der Waals surface area contributed by atoms with E-state index >= 15 is 0 Å². The van der Waals surface area contributed by atoms with Crippen molar-refractivity contribution >= 4 is 21.9 Å². The predicted octanol–water partition coefficient (Wildman–Crippen LogP) is 7.23. The topological polar surface area (TPSA) is 17.0 Å². The van der Waals surface area contributed by atoms with Crippen LogP contribution in [0.4, 0.5) is 0 Å². The molecule has 2 aliphatic carbocycles. The van der Waals surface area contributed by atoms with E-state index in [0.717, 1.165) is 11.2 Å². The van der Waals surface area contributed by atoms with Gasteiger partial charge in [-0.2, -0.15) is 0 Å². The lowest BCUT2D eigenvalue weighted by Crippen LogP contribution is -2.30. The van der Waals surface area contributed by atoms with Crippen LogP contribution in [0.3, 0.4) is 0 Å². The van der Waals surface area contributed by atoms with Gasteiger partial charge in [0.05, 0.1) is 5.56 Å². The van der Waals surface area contributed by atoms with Crippen LogP contribution in [-0.2, 0) is 12.5 Å². The summed E-state index contributed by atoms with van der Waals surface area (Å²) >= 11 is 0. The molecule has 0 radical (unpaired) electrons. The molecule has 2 aliphatic rings. The molecule has 32 heavy (non-hydrogen) atoms. The van der Waals surface area contributed by atoms with Crippen LogP contribution in [0.5, 0.6) is 0 Å². The molecule has 1 spiro atoms. The quantitative estimate of drug-likeness (QED) is 0.264. The van der Waals surface area contributed by atoms with Gasteiger partial charge in [0.2, 0.25) is 5.69 Å². The third-order valence-electron chi connectivity index (χ3n) is 8.01. The number of fused-ring (bicyclic) bond motifs is 9. The number of aryl methyl sites for hydroxylation is 2.